The van der Waals surface area contributed by atoms with Gasteiger partial charge in [0.25, 0.3) is 0 Å². The first kappa shape index (κ1) is 19.4. The largest absolute Gasteiger partial charge is 0.465 e. The lowest BCUT2D eigenvalue weighted by atomic mass is 9.71. The maximum atomic E-state index is 13.0. The molecule has 0 saturated heterocycles. The molecule has 144 valence electrons. The van der Waals surface area contributed by atoms with Crippen LogP contribution < -0.4 is 0 Å². The summed E-state index contributed by atoms with van der Waals surface area (Å²) in [7, 11) is 0. The third kappa shape index (κ3) is 3.32. The van der Waals surface area contributed by atoms with Crippen LogP contribution in [0.15, 0.2) is 42.5 Å². The maximum Gasteiger partial charge on any atom is 0.324 e. The second-order valence-electron chi connectivity index (χ2n) is 6.98. The van der Waals surface area contributed by atoms with Crippen molar-refractivity contribution in [3.05, 3.63) is 48.0 Å². The molecule has 3 rings (SSSR count). The number of benzene rings is 2. The smallest absolute Gasteiger partial charge is 0.324 e. The summed E-state index contributed by atoms with van der Waals surface area (Å²) in [5.74, 6) is -1.81. The van der Waals surface area contributed by atoms with E-state index < -0.39 is 23.3 Å². The van der Waals surface area contributed by atoms with Gasteiger partial charge in [0.1, 0.15) is 0 Å². The summed E-state index contributed by atoms with van der Waals surface area (Å²) < 4.78 is 10.6. The van der Waals surface area contributed by atoms with Crippen LogP contribution in [0.5, 0.6) is 0 Å². The third-order valence-corrected chi connectivity index (χ3v) is 5.56. The molecule has 0 spiro atoms. The molecule has 0 unspecified atom stereocenters. The molecule has 0 bridgehead atoms. The molecule has 1 fully saturated rings. The number of carbonyl (C=O) groups is 2. The molecule has 5 nitrogen and oxygen atoms in total. The molecule has 1 aliphatic carbocycles. The Balaban J connectivity index is 2.15. The topological polar surface area (TPSA) is 72.8 Å². The van der Waals surface area contributed by atoms with E-state index in [4.69, 9.17) is 9.47 Å². The number of esters is 2. The van der Waals surface area contributed by atoms with Gasteiger partial charge in [-0.1, -0.05) is 42.5 Å². The highest BCUT2D eigenvalue weighted by molar-refractivity contribution is 6.02. The van der Waals surface area contributed by atoms with E-state index in [9.17, 15) is 14.7 Å². The number of hydrogen-bond donors (Lipinski definition) is 1. The molecule has 1 N–H and O–H groups in total. The van der Waals surface area contributed by atoms with Gasteiger partial charge in [-0.2, -0.15) is 0 Å². The minimum Gasteiger partial charge on any atom is -0.465 e. The second-order valence-corrected chi connectivity index (χ2v) is 6.98. The second kappa shape index (κ2) is 8.09. The van der Waals surface area contributed by atoms with Crippen LogP contribution in [0.25, 0.3) is 10.8 Å². The summed E-state index contributed by atoms with van der Waals surface area (Å²) in [6.45, 7) is 3.72. The van der Waals surface area contributed by atoms with E-state index >= 15 is 0 Å². The molecule has 0 aliphatic heterocycles. The van der Waals surface area contributed by atoms with Gasteiger partial charge >= 0.3 is 11.9 Å². The van der Waals surface area contributed by atoms with Crippen LogP contribution in [0.4, 0.5) is 0 Å². The number of carbonyl (C=O) groups excluding carboxylic acids is 2. The molecule has 2 aromatic rings. The molecule has 0 heterocycles. The number of aliphatic hydroxyl groups excluding tert-OH is 1. The number of hydrogen-bond acceptors (Lipinski definition) is 5. The number of fused-ring (bicyclic) bond motifs is 1. The zero-order valence-electron chi connectivity index (χ0n) is 15.8. The minimum atomic E-state index is -1.41. The van der Waals surface area contributed by atoms with Gasteiger partial charge in [-0.05, 0) is 48.9 Å². The highest BCUT2D eigenvalue weighted by atomic mass is 16.6. The first-order valence-corrected chi connectivity index (χ1v) is 9.52. The molecule has 2 aromatic carbocycles. The number of aliphatic hydroxyl groups is 1. The zero-order chi connectivity index (χ0) is 19.4. The van der Waals surface area contributed by atoms with E-state index in [2.05, 4.69) is 0 Å². The van der Waals surface area contributed by atoms with Crippen molar-refractivity contribution >= 4 is 22.7 Å². The van der Waals surface area contributed by atoms with Gasteiger partial charge in [0, 0.05) is 12.5 Å². The van der Waals surface area contributed by atoms with Crippen molar-refractivity contribution in [2.75, 3.05) is 19.8 Å². The summed E-state index contributed by atoms with van der Waals surface area (Å²) in [6.07, 6.45) is 0.874. The Morgan fingerprint density at radius 1 is 1.04 bits per heavy atom. The molecular formula is C22H26O5. The summed E-state index contributed by atoms with van der Waals surface area (Å²) in [5.41, 5.74) is -0.562. The third-order valence-electron chi connectivity index (χ3n) is 5.56. The van der Waals surface area contributed by atoms with Gasteiger partial charge < -0.3 is 14.6 Å². The summed E-state index contributed by atoms with van der Waals surface area (Å²) in [6, 6.07) is 13.9. The van der Waals surface area contributed by atoms with Gasteiger partial charge in [-0.25, -0.2) is 0 Å². The van der Waals surface area contributed by atoms with E-state index in [-0.39, 0.29) is 25.7 Å². The van der Waals surface area contributed by atoms with E-state index in [1.165, 1.54) is 0 Å². The average molecular weight is 370 g/mol. The van der Waals surface area contributed by atoms with Crippen LogP contribution in [0, 0.1) is 11.3 Å². The predicted molar refractivity (Wildman–Crippen MR) is 102 cm³/mol. The normalized spacial score (nSPS) is 21.1. The highest BCUT2D eigenvalue weighted by Crippen LogP contribution is 2.54. The van der Waals surface area contributed by atoms with Crippen LogP contribution in [-0.4, -0.2) is 36.9 Å². The van der Waals surface area contributed by atoms with Gasteiger partial charge in [-0.3, -0.25) is 9.59 Å². The molecule has 0 aromatic heterocycles. The van der Waals surface area contributed by atoms with E-state index in [1.54, 1.807) is 13.8 Å². The quantitative estimate of drug-likeness (QED) is 0.623. The number of ether oxygens (including phenoxy) is 2. The lowest BCUT2D eigenvalue weighted by Crippen LogP contribution is -2.45. The van der Waals surface area contributed by atoms with Crippen molar-refractivity contribution in [3.8, 4) is 0 Å². The van der Waals surface area contributed by atoms with Crippen molar-refractivity contribution in [2.24, 2.45) is 11.3 Å². The Morgan fingerprint density at radius 3 is 2.26 bits per heavy atom. The summed E-state index contributed by atoms with van der Waals surface area (Å²) in [4.78, 5) is 26.0. The van der Waals surface area contributed by atoms with E-state index in [0.29, 0.717) is 12.8 Å². The van der Waals surface area contributed by atoms with Gasteiger partial charge in [0.05, 0.1) is 13.2 Å². The zero-order valence-corrected chi connectivity index (χ0v) is 15.8. The Hall–Kier alpha value is -2.40. The van der Waals surface area contributed by atoms with Crippen LogP contribution >= 0.6 is 0 Å². The standard InChI is InChI=1S/C22H26O5/c1-3-26-20(24)22(21(25)27-4-2)12-11-18(14-23)19(22)17-10-9-15-7-5-6-8-16(15)13-17/h5-10,13,18-19,23H,3-4,11-12,14H2,1-2H3/t18-,19-/m1/s1. The van der Waals surface area contributed by atoms with E-state index in [1.807, 2.05) is 42.5 Å². The lowest BCUT2D eigenvalue weighted by Gasteiger charge is -2.33. The van der Waals surface area contributed by atoms with Crippen molar-refractivity contribution < 1.29 is 24.2 Å². The Kier molecular flexibility index (Phi) is 5.80. The molecule has 0 radical (unpaired) electrons. The van der Waals surface area contributed by atoms with Crippen LogP contribution in [0.1, 0.15) is 38.2 Å². The van der Waals surface area contributed by atoms with Crippen molar-refractivity contribution in [1.29, 1.82) is 0 Å². The fourth-order valence-corrected chi connectivity index (χ4v) is 4.35. The summed E-state index contributed by atoms with van der Waals surface area (Å²) >= 11 is 0. The van der Waals surface area contributed by atoms with Crippen LogP contribution in [-0.2, 0) is 19.1 Å². The Bertz CT molecular complexity index is 810. The first-order valence-electron chi connectivity index (χ1n) is 9.52. The van der Waals surface area contributed by atoms with Gasteiger partial charge in [0.15, 0.2) is 5.41 Å². The Labute approximate surface area is 159 Å². The Morgan fingerprint density at radius 2 is 1.67 bits per heavy atom. The van der Waals surface area contributed by atoms with Crippen molar-refractivity contribution in [2.45, 2.75) is 32.6 Å². The molecule has 5 heteroatoms. The maximum absolute atomic E-state index is 13.0. The molecule has 1 aliphatic rings. The van der Waals surface area contributed by atoms with Crippen LogP contribution in [0.3, 0.4) is 0 Å². The SMILES string of the molecule is CCOC(=O)C1(C(=O)OCC)CC[C@H](CO)[C@H]1c1ccc2ccccc2c1. The minimum absolute atomic E-state index is 0.0992. The molecular weight excluding hydrogens is 344 g/mol. The molecule has 0 amide bonds. The predicted octanol–water partition coefficient (Wildman–Crippen LogP) is 3.44. The van der Waals surface area contributed by atoms with Crippen LogP contribution in [0.2, 0.25) is 0 Å². The molecule has 1 saturated carbocycles. The van der Waals surface area contributed by atoms with E-state index in [0.717, 1.165) is 16.3 Å². The first-order chi connectivity index (χ1) is 13.1. The van der Waals surface area contributed by atoms with Gasteiger partial charge in [0.2, 0.25) is 0 Å². The van der Waals surface area contributed by atoms with Gasteiger partial charge in [-0.15, -0.1) is 0 Å². The van der Waals surface area contributed by atoms with Crippen molar-refractivity contribution in [3.63, 3.8) is 0 Å². The summed E-state index contributed by atoms with van der Waals surface area (Å²) in [5, 5.41) is 12.1. The van der Waals surface area contributed by atoms with Crippen molar-refractivity contribution in [1.82, 2.24) is 0 Å². The fraction of sp³-hybridized carbons (Fsp3) is 0.455. The lowest BCUT2D eigenvalue weighted by molar-refractivity contribution is -0.173. The molecule has 27 heavy (non-hydrogen) atoms. The fourth-order valence-electron chi connectivity index (χ4n) is 4.35. The molecule has 2 atom stereocenters. The highest BCUT2D eigenvalue weighted by Gasteiger charge is 2.61. The number of rotatable bonds is 6. The average Bonchev–Trinajstić information content (AvgIpc) is 3.08. The monoisotopic (exact) mass is 370 g/mol.